The van der Waals surface area contributed by atoms with Crippen LogP contribution in [0.4, 0.5) is 11.5 Å². The average Bonchev–Trinajstić information content (AvgIpc) is 2.41. The molecule has 0 fully saturated rings. The van der Waals surface area contributed by atoms with Gasteiger partial charge in [0.2, 0.25) is 0 Å². The minimum atomic E-state index is -0.324. The van der Waals surface area contributed by atoms with Gasteiger partial charge >= 0.3 is 0 Å². The molecule has 0 unspecified atom stereocenters. The molecule has 0 aliphatic carbocycles. The largest absolute Gasteiger partial charge is 0.494 e. The van der Waals surface area contributed by atoms with Crippen molar-refractivity contribution in [1.82, 2.24) is 9.97 Å². The number of aromatic nitrogens is 2. The van der Waals surface area contributed by atoms with Crippen LogP contribution in [0.5, 0.6) is 5.75 Å². The molecule has 7 heteroatoms. The fourth-order valence-corrected chi connectivity index (χ4v) is 1.77. The van der Waals surface area contributed by atoms with Gasteiger partial charge in [-0.1, -0.05) is 0 Å². The predicted octanol–water partition coefficient (Wildman–Crippen LogP) is 2.47. The quantitative estimate of drug-likeness (QED) is 0.837. The SMILES string of the molecule is CCOc1cc(N)cc(C(=O)Nc2cnc(Br)cn2)c1. The normalized spacial score (nSPS) is 10.1. The molecule has 0 bridgehead atoms. The number of nitrogens with two attached hydrogens (primary N) is 1. The van der Waals surface area contributed by atoms with E-state index in [0.717, 1.165) is 0 Å². The number of hydrogen-bond donors (Lipinski definition) is 2. The first-order valence-electron chi connectivity index (χ1n) is 5.90. The van der Waals surface area contributed by atoms with Gasteiger partial charge in [0.1, 0.15) is 10.4 Å². The number of carbonyl (C=O) groups is 1. The molecule has 1 aromatic heterocycles. The summed E-state index contributed by atoms with van der Waals surface area (Å²) >= 11 is 3.17. The van der Waals surface area contributed by atoms with Crippen molar-refractivity contribution < 1.29 is 9.53 Å². The van der Waals surface area contributed by atoms with Gasteiger partial charge in [-0.05, 0) is 35.0 Å². The van der Waals surface area contributed by atoms with E-state index in [2.05, 4.69) is 31.2 Å². The molecule has 1 heterocycles. The Hall–Kier alpha value is -2.15. The molecule has 0 aliphatic heterocycles. The molecule has 0 atom stereocenters. The number of carbonyl (C=O) groups excluding carboxylic acids is 1. The molecule has 0 spiro atoms. The van der Waals surface area contributed by atoms with Crippen molar-refractivity contribution in [3.8, 4) is 5.75 Å². The van der Waals surface area contributed by atoms with Crippen LogP contribution in [-0.4, -0.2) is 22.5 Å². The lowest BCUT2D eigenvalue weighted by Crippen LogP contribution is -2.13. The van der Waals surface area contributed by atoms with Gasteiger partial charge in [0.25, 0.3) is 5.91 Å². The van der Waals surface area contributed by atoms with E-state index in [0.29, 0.717) is 34.0 Å². The first kappa shape index (κ1) is 14.3. The summed E-state index contributed by atoms with van der Waals surface area (Å²) in [6, 6.07) is 4.87. The van der Waals surface area contributed by atoms with Gasteiger partial charge < -0.3 is 15.8 Å². The Morgan fingerprint density at radius 1 is 1.35 bits per heavy atom. The third-order valence-electron chi connectivity index (χ3n) is 2.36. The Balaban J connectivity index is 2.18. The van der Waals surface area contributed by atoms with Crippen molar-refractivity contribution in [2.24, 2.45) is 0 Å². The van der Waals surface area contributed by atoms with E-state index >= 15 is 0 Å². The second-order valence-corrected chi connectivity index (χ2v) is 4.71. The maximum atomic E-state index is 12.1. The van der Waals surface area contributed by atoms with Crippen LogP contribution in [0, 0.1) is 0 Å². The molecule has 2 aromatic rings. The lowest BCUT2D eigenvalue weighted by molar-refractivity contribution is 0.102. The second-order valence-electron chi connectivity index (χ2n) is 3.90. The molecular weight excluding hydrogens is 324 g/mol. The van der Waals surface area contributed by atoms with Gasteiger partial charge in [-0.15, -0.1) is 0 Å². The zero-order valence-electron chi connectivity index (χ0n) is 10.8. The molecule has 1 amide bonds. The molecular formula is C13H13BrN4O2. The number of anilines is 2. The van der Waals surface area contributed by atoms with Crippen LogP contribution in [0.1, 0.15) is 17.3 Å². The molecule has 6 nitrogen and oxygen atoms in total. The molecule has 1 aromatic carbocycles. The van der Waals surface area contributed by atoms with Gasteiger partial charge in [0.15, 0.2) is 5.82 Å². The zero-order chi connectivity index (χ0) is 14.5. The Labute approximate surface area is 124 Å². The van der Waals surface area contributed by atoms with Crippen LogP contribution in [0.3, 0.4) is 0 Å². The van der Waals surface area contributed by atoms with Crippen LogP contribution >= 0.6 is 15.9 Å². The Morgan fingerprint density at radius 3 is 2.80 bits per heavy atom. The highest BCUT2D eigenvalue weighted by atomic mass is 79.9. The van der Waals surface area contributed by atoms with Gasteiger partial charge in [0.05, 0.1) is 19.0 Å². The standard InChI is InChI=1S/C13H13BrN4O2/c1-2-20-10-4-8(3-9(15)5-10)13(19)18-12-7-16-11(14)6-17-12/h3-7H,2,15H2,1H3,(H,17,18,19). The Morgan fingerprint density at radius 2 is 2.15 bits per heavy atom. The number of rotatable bonds is 4. The van der Waals surface area contributed by atoms with Crippen LogP contribution in [0.2, 0.25) is 0 Å². The third kappa shape index (κ3) is 3.67. The maximum absolute atomic E-state index is 12.1. The summed E-state index contributed by atoms with van der Waals surface area (Å²) in [4.78, 5) is 20.1. The van der Waals surface area contributed by atoms with Crippen molar-refractivity contribution in [2.75, 3.05) is 17.7 Å². The molecule has 0 aliphatic rings. The highest BCUT2D eigenvalue weighted by molar-refractivity contribution is 9.10. The van der Waals surface area contributed by atoms with E-state index in [-0.39, 0.29) is 5.91 Å². The van der Waals surface area contributed by atoms with Crippen molar-refractivity contribution >= 4 is 33.3 Å². The summed E-state index contributed by atoms with van der Waals surface area (Å²) in [7, 11) is 0. The lowest BCUT2D eigenvalue weighted by atomic mass is 10.1. The van der Waals surface area contributed by atoms with Crippen LogP contribution in [0.15, 0.2) is 35.2 Å². The predicted molar refractivity (Wildman–Crippen MR) is 79.7 cm³/mol. The fraction of sp³-hybridized carbons (Fsp3) is 0.154. The third-order valence-corrected chi connectivity index (χ3v) is 2.77. The summed E-state index contributed by atoms with van der Waals surface area (Å²) in [6.07, 6.45) is 2.96. The highest BCUT2D eigenvalue weighted by Crippen LogP contribution is 2.19. The van der Waals surface area contributed by atoms with Crippen LogP contribution < -0.4 is 15.8 Å². The van der Waals surface area contributed by atoms with E-state index in [9.17, 15) is 4.79 Å². The molecule has 0 saturated carbocycles. The molecule has 0 saturated heterocycles. The maximum Gasteiger partial charge on any atom is 0.257 e. The van der Waals surface area contributed by atoms with E-state index in [1.54, 1.807) is 18.2 Å². The molecule has 0 radical (unpaired) electrons. The molecule has 3 N–H and O–H groups in total. The van der Waals surface area contributed by atoms with Crippen molar-refractivity contribution in [2.45, 2.75) is 6.92 Å². The van der Waals surface area contributed by atoms with E-state index in [4.69, 9.17) is 10.5 Å². The second kappa shape index (κ2) is 6.33. The van der Waals surface area contributed by atoms with E-state index in [1.807, 2.05) is 6.92 Å². The van der Waals surface area contributed by atoms with Crippen molar-refractivity contribution in [3.63, 3.8) is 0 Å². The van der Waals surface area contributed by atoms with Crippen molar-refractivity contribution in [1.29, 1.82) is 0 Å². The minimum absolute atomic E-state index is 0.324. The zero-order valence-corrected chi connectivity index (χ0v) is 12.3. The lowest BCUT2D eigenvalue weighted by Gasteiger charge is -2.08. The molecule has 2 rings (SSSR count). The fourth-order valence-electron chi connectivity index (χ4n) is 1.57. The van der Waals surface area contributed by atoms with Gasteiger partial charge in [-0.2, -0.15) is 0 Å². The molecule has 20 heavy (non-hydrogen) atoms. The minimum Gasteiger partial charge on any atom is -0.494 e. The molecule has 104 valence electrons. The average molecular weight is 337 g/mol. The number of amides is 1. The number of nitrogen functional groups attached to an aromatic ring is 1. The summed E-state index contributed by atoms with van der Waals surface area (Å²) in [5.41, 5.74) is 6.61. The summed E-state index contributed by atoms with van der Waals surface area (Å²) < 4.78 is 5.94. The number of nitrogens with one attached hydrogen (secondary N) is 1. The first-order valence-corrected chi connectivity index (χ1v) is 6.70. The Kier molecular flexibility index (Phi) is 4.52. The number of benzene rings is 1. The first-order chi connectivity index (χ1) is 9.58. The summed E-state index contributed by atoms with van der Waals surface area (Å²) in [5, 5.41) is 2.64. The summed E-state index contributed by atoms with van der Waals surface area (Å²) in [6.45, 7) is 2.36. The number of halogens is 1. The smallest absolute Gasteiger partial charge is 0.257 e. The number of hydrogen-bond acceptors (Lipinski definition) is 5. The number of ether oxygens (including phenoxy) is 1. The highest BCUT2D eigenvalue weighted by Gasteiger charge is 2.10. The monoisotopic (exact) mass is 336 g/mol. The van der Waals surface area contributed by atoms with Gasteiger partial charge in [-0.3, -0.25) is 4.79 Å². The van der Waals surface area contributed by atoms with E-state index < -0.39 is 0 Å². The number of nitrogens with zero attached hydrogens (tertiary/aromatic N) is 2. The topological polar surface area (TPSA) is 90.1 Å². The van der Waals surface area contributed by atoms with Crippen molar-refractivity contribution in [3.05, 3.63) is 40.8 Å². The van der Waals surface area contributed by atoms with Gasteiger partial charge in [0, 0.05) is 17.3 Å². The van der Waals surface area contributed by atoms with E-state index in [1.165, 1.54) is 12.4 Å². The van der Waals surface area contributed by atoms with Crippen LogP contribution in [-0.2, 0) is 0 Å². The Bertz CT molecular complexity index is 616. The summed E-state index contributed by atoms with van der Waals surface area (Å²) in [5.74, 6) is 0.591. The van der Waals surface area contributed by atoms with Gasteiger partial charge in [-0.25, -0.2) is 9.97 Å². The van der Waals surface area contributed by atoms with Crippen LogP contribution in [0.25, 0.3) is 0 Å².